The Balaban J connectivity index is 3.17. The summed E-state index contributed by atoms with van der Waals surface area (Å²) in [6.07, 6.45) is 1.18. The lowest BCUT2D eigenvalue weighted by Crippen LogP contribution is -1.72. The highest BCUT2D eigenvalue weighted by Gasteiger charge is 1.77. The molecule has 0 saturated carbocycles. The Morgan fingerprint density at radius 1 is 1.71 bits per heavy atom. The van der Waals surface area contributed by atoms with Crippen LogP contribution in [0.25, 0.3) is 0 Å². The Labute approximate surface area is 52.5 Å². The number of aromatic nitrogens is 2. The predicted molar refractivity (Wildman–Crippen MR) is 29.7 cm³/mol. The van der Waals surface area contributed by atoms with Crippen molar-refractivity contribution in [3.05, 3.63) is 23.1 Å². The van der Waals surface area contributed by atoms with Crippen LogP contribution < -0.4 is 0 Å². The van der Waals surface area contributed by atoms with Gasteiger partial charge in [-0.25, -0.2) is 4.98 Å². The third-order valence-electron chi connectivity index (χ3n) is 0.448. The van der Waals surface area contributed by atoms with Crippen LogP contribution in [0.1, 0.15) is 2.74 Å². The molecule has 0 spiro atoms. The van der Waals surface area contributed by atoms with Crippen LogP contribution in [0.15, 0.2) is 23.1 Å². The molecule has 36 valence electrons. The first kappa shape index (κ1) is 2.77. The highest BCUT2D eigenvalue weighted by atomic mass is 79.9. The molecule has 0 bridgehead atoms. The summed E-state index contributed by atoms with van der Waals surface area (Å²) < 4.78 is 14.4. The molecule has 0 aliphatic rings. The molecule has 1 aromatic rings. The van der Waals surface area contributed by atoms with Crippen LogP contribution in [-0.2, 0) is 0 Å². The number of hydrogen-bond donors (Lipinski definition) is 0. The third kappa shape index (κ3) is 1.23. The summed E-state index contributed by atoms with van der Waals surface area (Å²) in [5.41, 5.74) is 0. The lowest BCUT2D eigenvalue weighted by molar-refractivity contribution is 1.16. The third-order valence-corrected chi connectivity index (χ3v) is 0.830. The van der Waals surface area contributed by atoms with Crippen LogP contribution in [0.4, 0.5) is 0 Å². The summed E-state index contributed by atoms with van der Waals surface area (Å²) in [6, 6.07) is 0. The number of nitrogens with zero attached hydrogens (tertiary/aromatic N) is 2. The molecular weight excluding hydrogens is 156 g/mol. The van der Waals surface area contributed by atoms with Gasteiger partial charge >= 0.3 is 0 Å². The minimum absolute atomic E-state index is 0.0989. The van der Waals surface area contributed by atoms with E-state index in [-0.39, 0.29) is 12.3 Å². The molecule has 7 heavy (non-hydrogen) atoms. The quantitative estimate of drug-likeness (QED) is 0.571. The fourth-order valence-corrected chi connectivity index (χ4v) is 0.413. The van der Waals surface area contributed by atoms with Crippen molar-refractivity contribution >= 4 is 15.9 Å². The second-order valence-corrected chi connectivity index (χ2v) is 1.73. The SMILES string of the molecule is [2H]c1ncc(Br)nc1[2H]. The molecule has 1 heterocycles. The first-order valence-corrected chi connectivity index (χ1v) is 2.45. The predicted octanol–water partition coefficient (Wildman–Crippen LogP) is 1.24. The maximum Gasteiger partial charge on any atom is 0.124 e. The first-order chi connectivity index (χ1) is 4.20. The fourth-order valence-electron chi connectivity index (χ4n) is 0.222. The van der Waals surface area contributed by atoms with Crippen molar-refractivity contribution in [1.29, 1.82) is 0 Å². The molecule has 0 atom stereocenters. The lowest BCUT2D eigenvalue weighted by atomic mass is 10.8. The van der Waals surface area contributed by atoms with E-state index in [0.717, 1.165) is 0 Å². The molecule has 3 heteroatoms. The molecule has 0 aromatic carbocycles. The van der Waals surface area contributed by atoms with Gasteiger partial charge in [0.05, 0.1) is 8.94 Å². The molecule has 0 unspecified atom stereocenters. The summed E-state index contributed by atoms with van der Waals surface area (Å²) >= 11 is 3.02. The van der Waals surface area contributed by atoms with Gasteiger partial charge in [0.1, 0.15) is 4.60 Å². The average Bonchev–Trinajstić information content (AvgIpc) is 1.80. The normalized spacial score (nSPS) is 12.7. The van der Waals surface area contributed by atoms with Gasteiger partial charge in [0.15, 0.2) is 0 Å². The van der Waals surface area contributed by atoms with Crippen LogP contribution >= 0.6 is 15.9 Å². The number of rotatable bonds is 0. The molecule has 0 aliphatic carbocycles. The summed E-state index contributed by atoms with van der Waals surface area (Å²) in [4.78, 5) is 7.15. The topological polar surface area (TPSA) is 25.8 Å². The summed E-state index contributed by atoms with van der Waals surface area (Å²) in [5.74, 6) is 0. The van der Waals surface area contributed by atoms with E-state index in [1.807, 2.05) is 0 Å². The fraction of sp³-hybridized carbons (Fsp3) is 0. The average molecular weight is 161 g/mol. The van der Waals surface area contributed by atoms with Gasteiger partial charge in [-0.1, -0.05) is 0 Å². The van der Waals surface area contributed by atoms with E-state index in [2.05, 4.69) is 25.9 Å². The molecular formula is C4H3BrN2. The Morgan fingerprint density at radius 3 is 3.14 bits per heavy atom. The van der Waals surface area contributed by atoms with E-state index in [1.165, 1.54) is 6.20 Å². The van der Waals surface area contributed by atoms with Gasteiger partial charge in [-0.2, -0.15) is 0 Å². The molecule has 0 aliphatic heterocycles. The molecule has 0 radical (unpaired) electrons. The van der Waals surface area contributed by atoms with Gasteiger partial charge in [-0.3, -0.25) is 4.98 Å². The van der Waals surface area contributed by atoms with Gasteiger partial charge in [-0.05, 0) is 15.9 Å². The highest BCUT2D eigenvalue weighted by Crippen LogP contribution is 1.97. The Bertz CT molecular complexity index is 228. The molecule has 0 fully saturated rings. The molecule has 1 aromatic heterocycles. The smallest absolute Gasteiger partial charge is 0.124 e. The number of hydrogen-bond acceptors (Lipinski definition) is 2. The molecule has 0 amide bonds. The summed E-state index contributed by atoms with van der Waals surface area (Å²) in [6.45, 7) is 0. The van der Waals surface area contributed by atoms with Gasteiger partial charge in [0.25, 0.3) is 0 Å². The Kier molecular flexibility index (Phi) is 0.800. The Hall–Kier alpha value is -0.440. The second kappa shape index (κ2) is 2.02. The zero-order chi connectivity index (χ0) is 6.85. The van der Waals surface area contributed by atoms with Crippen LogP contribution in [-0.4, -0.2) is 9.97 Å². The van der Waals surface area contributed by atoms with Gasteiger partial charge in [0.2, 0.25) is 0 Å². The van der Waals surface area contributed by atoms with Crippen LogP contribution in [0.3, 0.4) is 0 Å². The minimum atomic E-state index is -0.107. The second-order valence-electron chi connectivity index (χ2n) is 0.916. The van der Waals surface area contributed by atoms with Gasteiger partial charge < -0.3 is 0 Å². The lowest BCUT2D eigenvalue weighted by Gasteiger charge is -1.79. The monoisotopic (exact) mass is 160 g/mol. The van der Waals surface area contributed by atoms with Crippen molar-refractivity contribution in [3.8, 4) is 0 Å². The van der Waals surface area contributed by atoms with Crippen LogP contribution in [0.2, 0.25) is 0 Å². The van der Waals surface area contributed by atoms with Gasteiger partial charge in [0, 0.05) is 12.3 Å². The van der Waals surface area contributed by atoms with E-state index >= 15 is 0 Å². The molecule has 1 rings (SSSR count). The largest absolute Gasteiger partial charge is 0.260 e. The number of halogens is 1. The maximum atomic E-state index is 6.97. The van der Waals surface area contributed by atoms with Crippen LogP contribution in [0.5, 0.6) is 0 Å². The maximum absolute atomic E-state index is 6.97. The van der Waals surface area contributed by atoms with E-state index in [1.54, 1.807) is 0 Å². The van der Waals surface area contributed by atoms with E-state index < -0.39 is 0 Å². The van der Waals surface area contributed by atoms with Crippen molar-refractivity contribution in [1.82, 2.24) is 9.97 Å². The summed E-state index contributed by atoms with van der Waals surface area (Å²) in [5, 5.41) is 0. The zero-order valence-corrected chi connectivity index (χ0v) is 4.94. The van der Waals surface area contributed by atoms with E-state index in [0.29, 0.717) is 4.60 Å². The first-order valence-electron chi connectivity index (χ1n) is 2.66. The Morgan fingerprint density at radius 2 is 2.57 bits per heavy atom. The van der Waals surface area contributed by atoms with Crippen molar-refractivity contribution in [2.45, 2.75) is 0 Å². The minimum Gasteiger partial charge on any atom is -0.260 e. The zero-order valence-electron chi connectivity index (χ0n) is 5.35. The van der Waals surface area contributed by atoms with Crippen molar-refractivity contribution < 1.29 is 2.74 Å². The van der Waals surface area contributed by atoms with E-state index in [4.69, 9.17) is 2.74 Å². The van der Waals surface area contributed by atoms with Crippen molar-refractivity contribution in [2.75, 3.05) is 0 Å². The molecule has 2 nitrogen and oxygen atoms in total. The van der Waals surface area contributed by atoms with Crippen molar-refractivity contribution in [2.24, 2.45) is 0 Å². The van der Waals surface area contributed by atoms with Crippen molar-refractivity contribution in [3.63, 3.8) is 0 Å². The molecule has 0 saturated heterocycles. The van der Waals surface area contributed by atoms with E-state index in [9.17, 15) is 0 Å². The molecule has 0 N–H and O–H groups in total. The summed E-state index contributed by atoms with van der Waals surface area (Å²) in [7, 11) is 0. The highest BCUT2D eigenvalue weighted by molar-refractivity contribution is 9.10. The standard InChI is InChI=1S/C4H3BrN2/c5-4-3-6-1-2-7-4/h1-3H/i1D,2D. The van der Waals surface area contributed by atoms with Gasteiger partial charge in [-0.15, -0.1) is 0 Å². The van der Waals surface area contributed by atoms with Crippen LogP contribution in [0, 0.1) is 0 Å².